The molecule has 1 aliphatic rings. The van der Waals surface area contributed by atoms with Crippen molar-refractivity contribution in [2.45, 2.75) is 6.92 Å². The van der Waals surface area contributed by atoms with Gasteiger partial charge in [-0.15, -0.1) is 0 Å². The first-order chi connectivity index (χ1) is 14.5. The molecule has 3 aromatic rings. The second kappa shape index (κ2) is 7.63. The minimum absolute atomic E-state index is 0.00931. The lowest BCUT2D eigenvalue weighted by molar-refractivity contribution is -0.0583. The molecule has 148 valence electrons. The van der Waals surface area contributed by atoms with Crippen LogP contribution in [-0.4, -0.2) is 28.8 Å². The molecule has 0 spiro atoms. The molecule has 1 N–H and O–H groups in total. The molecule has 1 aliphatic heterocycles. The molecule has 0 saturated heterocycles. The number of benzene rings is 3. The Balaban J connectivity index is 1.55. The number of carbonyl (C=O) groups is 4. The summed E-state index contributed by atoms with van der Waals surface area (Å²) in [6.45, 7) is 1.87. The lowest BCUT2D eigenvalue weighted by Crippen LogP contribution is -2.33. The van der Waals surface area contributed by atoms with Gasteiger partial charge in [-0.1, -0.05) is 47.0 Å². The Morgan fingerprint density at radius 1 is 0.833 bits per heavy atom. The number of hydroxylamine groups is 2. The molecular formula is C23H16N2O5. The van der Waals surface area contributed by atoms with E-state index in [0.717, 1.165) is 5.56 Å². The number of anilines is 1. The monoisotopic (exact) mass is 400 g/mol. The van der Waals surface area contributed by atoms with Crippen LogP contribution in [0.15, 0.2) is 72.8 Å². The average Bonchev–Trinajstić information content (AvgIpc) is 2.99. The summed E-state index contributed by atoms with van der Waals surface area (Å²) in [6.07, 6.45) is 0. The first-order valence-electron chi connectivity index (χ1n) is 9.13. The maximum atomic E-state index is 12.7. The molecule has 0 saturated carbocycles. The third kappa shape index (κ3) is 3.44. The Labute approximate surface area is 171 Å². The maximum Gasteiger partial charge on any atom is 0.366 e. The first-order valence-corrected chi connectivity index (χ1v) is 9.13. The van der Waals surface area contributed by atoms with Crippen LogP contribution in [0.5, 0.6) is 0 Å². The zero-order valence-electron chi connectivity index (χ0n) is 15.9. The van der Waals surface area contributed by atoms with E-state index in [1.807, 2.05) is 13.0 Å². The minimum atomic E-state index is -0.940. The predicted octanol–water partition coefficient (Wildman–Crippen LogP) is 3.62. The molecule has 4 rings (SSSR count). The van der Waals surface area contributed by atoms with Crippen LogP contribution in [0.4, 0.5) is 5.69 Å². The summed E-state index contributed by atoms with van der Waals surface area (Å²) in [5.74, 6) is -2.78. The molecule has 0 fully saturated rings. The van der Waals surface area contributed by atoms with Gasteiger partial charge in [0.15, 0.2) is 0 Å². The van der Waals surface area contributed by atoms with E-state index in [2.05, 4.69) is 5.32 Å². The van der Waals surface area contributed by atoms with Gasteiger partial charge < -0.3 is 10.2 Å². The minimum Gasteiger partial charge on any atom is -0.324 e. The van der Waals surface area contributed by atoms with E-state index in [4.69, 9.17) is 4.84 Å². The van der Waals surface area contributed by atoms with E-state index in [-0.39, 0.29) is 22.4 Å². The molecule has 3 amide bonds. The highest BCUT2D eigenvalue weighted by atomic mass is 16.7. The Bertz CT molecular complexity index is 1170. The van der Waals surface area contributed by atoms with Gasteiger partial charge in [0.1, 0.15) is 0 Å². The molecule has 0 aliphatic carbocycles. The summed E-state index contributed by atoms with van der Waals surface area (Å²) in [4.78, 5) is 55.2. The predicted molar refractivity (Wildman–Crippen MR) is 108 cm³/mol. The zero-order valence-corrected chi connectivity index (χ0v) is 15.9. The van der Waals surface area contributed by atoms with Crippen molar-refractivity contribution in [2.24, 2.45) is 0 Å². The van der Waals surface area contributed by atoms with E-state index >= 15 is 0 Å². The molecule has 3 aromatic carbocycles. The maximum absolute atomic E-state index is 12.7. The molecule has 0 bridgehead atoms. The Morgan fingerprint density at radius 3 is 2.13 bits per heavy atom. The van der Waals surface area contributed by atoms with Crippen LogP contribution in [0, 0.1) is 6.92 Å². The summed E-state index contributed by atoms with van der Waals surface area (Å²) in [5.41, 5.74) is 1.88. The number of imide groups is 1. The Kier molecular flexibility index (Phi) is 4.85. The lowest BCUT2D eigenvalue weighted by Gasteiger charge is -2.15. The smallest absolute Gasteiger partial charge is 0.324 e. The van der Waals surface area contributed by atoms with E-state index < -0.39 is 23.7 Å². The Morgan fingerprint density at radius 2 is 1.47 bits per heavy atom. The molecule has 0 atom stereocenters. The number of amides is 3. The zero-order chi connectivity index (χ0) is 21.3. The summed E-state index contributed by atoms with van der Waals surface area (Å²) in [7, 11) is 0. The van der Waals surface area contributed by atoms with Crippen LogP contribution < -0.4 is 5.32 Å². The second-order valence-corrected chi connectivity index (χ2v) is 6.70. The number of nitrogens with zero attached hydrogens (tertiary/aromatic N) is 1. The van der Waals surface area contributed by atoms with Gasteiger partial charge in [0, 0.05) is 5.56 Å². The molecule has 0 aromatic heterocycles. The Hall–Kier alpha value is -4.26. The number of carbonyl (C=O) groups excluding carboxylic acids is 4. The van der Waals surface area contributed by atoms with E-state index in [1.54, 1.807) is 42.5 Å². The highest BCUT2D eigenvalue weighted by Gasteiger charge is 2.39. The summed E-state index contributed by atoms with van der Waals surface area (Å²) >= 11 is 0. The molecule has 30 heavy (non-hydrogen) atoms. The van der Waals surface area contributed by atoms with Crippen molar-refractivity contribution in [3.63, 3.8) is 0 Å². The largest absolute Gasteiger partial charge is 0.366 e. The van der Waals surface area contributed by atoms with Crippen molar-refractivity contribution in [3.05, 3.63) is 101 Å². The van der Waals surface area contributed by atoms with Crippen LogP contribution >= 0.6 is 0 Å². The van der Waals surface area contributed by atoms with Crippen LogP contribution in [-0.2, 0) is 4.84 Å². The average molecular weight is 400 g/mol. The molecule has 7 heteroatoms. The van der Waals surface area contributed by atoms with Gasteiger partial charge in [0.05, 0.1) is 22.4 Å². The fraction of sp³-hybridized carbons (Fsp3) is 0.0435. The molecule has 7 nitrogen and oxygen atoms in total. The van der Waals surface area contributed by atoms with Gasteiger partial charge in [0.2, 0.25) is 0 Å². The summed E-state index contributed by atoms with van der Waals surface area (Å²) in [6, 6.07) is 19.4. The van der Waals surface area contributed by atoms with Crippen molar-refractivity contribution in [2.75, 3.05) is 5.32 Å². The van der Waals surface area contributed by atoms with Gasteiger partial charge in [-0.05, 0) is 43.3 Å². The first kappa shape index (κ1) is 19.1. The van der Waals surface area contributed by atoms with Crippen molar-refractivity contribution >= 4 is 29.4 Å². The van der Waals surface area contributed by atoms with E-state index in [1.165, 1.54) is 24.3 Å². The molecule has 1 heterocycles. The SMILES string of the molecule is Cc1cccc(C(=O)Nc2ccccc2C(=O)ON2C(=O)c3ccccc3C2=O)c1. The standard InChI is InChI=1S/C23H16N2O5/c1-14-7-6-8-15(13-14)20(26)24-19-12-5-4-11-18(19)23(29)30-25-21(27)16-9-2-3-10-17(16)22(25)28/h2-13H,1H3,(H,24,26). The third-order valence-electron chi connectivity index (χ3n) is 4.61. The van der Waals surface area contributed by atoms with E-state index in [9.17, 15) is 19.2 Å². The molecule has 0 radical (unpaired) electrons. The van der Waals surface area contributed by atoms with Crippen LogP contribution in [0.2, 0.25) is 0 Å². The van der Waals surface area contributed by atoms with E-state index in [0.29, 0.717) is 10.6 Å². The molecular weight excluding hydrogens is 384 g/mol. The number of hydrogen-bond acceptors (Lipinski definition) is 5. The lowest BCUT2D eigenvalue weighted by atomic mass is 10.1. The fourth-order valence-electron chi connectivity index (χ4n) is 3.13. The number of aryl methyl sites for hydroxylation is 1. The molecule has 0 unspecified atom stereocenters. The van der Waals surface area contributed by atoms with Gasteiger partial charge >= 0.3 is 5.97 Å². The summed E-state index contributed by atoms with van der Waals surface area (Å²) < 4.78 is 0. The van der Waals surface area contributed by atoms with Crippen molar-refractivity contribution < 1.29 is 24.0 Å². The highest BCUT2D eigenvalue weighted by molar-refractivity contribution is 6.21. The number of nitrogens with one attached hydrogen (secondary N) is 1. The number of para-hydroxylation sites is 1. The number of fused-ring (bicyclic) bond motifs is 1. The van der Waals surface area contributed by atoms with Gasteiger partial charge in [-0.2, -0.15) is 0 Å². The van der Waals surface area contributed by atoms with Crippen LogP contribution in [0.3, 0.4) is 0 Å². The van der Waals surface area contributed by atoms with Crippen LogP contribution in [0.1, 0.15) is 47.0 Å². The third-order valence-corrected chi connectivity index (χ3v) is 4.61. The van der Waals surface area contributed by atoms with Crippen molar-refractivity contribution in [1.82, 2.24) is 5.06 Å². The number of hydrogen-bond donors (Lipinski definition) is 1. The number of rotatable bonds is 4. The fourth-order valence-corrected chi connectivity index (χ4v) is 3.13. The van der Waals surface area contributed by atoms with Crippen molar-refractivity contribution in [1.29, 1.82) is 0 Å². The van der Waals surface area contributed by atoms with Gasteiger partial charge in [-0.25, -0.2) is 4.79 Å². The highest BCUT2D eigenvalue weighted by Crippen LogP contribution is 2.25. The van der Waals surface area contributed by atoms with Crippen LogP contribution in [0.25, 0.3) is 0 Å². The van der Waals surface area contributed by atoms with Crippen molar-refractivity contribution in [3.8, 4) is 0 Å². The summed E-state index contributed by atoms with van der Waals surface area (Å²) in [5, 5.41) is 3.11. The topological polar surface area (TPSA) is 92.8 Å². The second-order valence-electron chi connectivity index (χ2n) is 6.70. The quantitative estimate of drug-likeness (QED) is 0.676. The normalized spacial score (nSPS) is 12.5. The van der Waals surface area contributed by atoms with Gasteiger partial charge in [0.25, 0.3) is 17.7 Å². The van der Waals surface area contributed by atoms with Gasteiger partial charge in [-0.3, -0.25) is 14.4 Å².